The maximum absolute atomic E-state index is 9.68. The average Bonchev–Trinajstić information content (AvgIpc) is 2.73. The van der Waals surface area contributed by atoms with Gasteiger partial charge in [-0.1, -0.05) is 30.3 Å². The fraction of sp³-hybridized carbons (Fsp3) is 0.400. The lowest BCUT2D eigenvalue weighted by molar-refractivity contribution is 0.180. The van der Waals surface area contributed by atoms with E-state index < -0.39 is 5.54 Å². The van der Waals surface area contributed by atoms with E-state index in [1.54, 1.807) is 0 Å². The molecule has 1 heterocycles. The number of halogens is 1. The normalized spacial score (nSPS) is 14.2. The molecule has 0 spiro atoms. The quantitative estimate of drug-likeness (QED) is 0.880. The van der Waals surface area contributed by atoms with Crippen molar-refractivity contribution in [3.8, 4) is 0 Å². The molecule has 20 heavy (non-hydrogen) atoms. The maximum atomic E-state index is 9.68. The highest BCUT2D eigenvalue weighted by Crippen LogP contribution is 2.25. The first-order chi connectivity index (χ1) is 9.48. The van der Waals surface area contributed by atoms with Gasteiger partial charge in [-0.05, 0) is 41.8 Å². The predicted octanol–water partition coefficient (Wildman–Crippen LogP) is 2.50. The third-order valence-electron chi connectivity index (χ3n) is 3.69. The van der Waals surface area contributed by atoms with E-state index in [-0.39, 0.29) is 6.61 Å². The van der Waals surface area contributed by atoms with Crippen LogP contribution >= 0.6 is 15.9 Å². The van der Waals surface area contributed by atoms with E-state index in [1.807, 2.05) is 48.9 Å². The number of aliphatic hydroxyl groups is 1. The molecule has 2 aromatic rings. The van der Waals surface area contributed by atoms with Gasteiger partial charge in [0.2, 0.25) is 0 Å². The molecule has 0 aliphatic rings. The Balaban J connectivity index is 2.17. The second-order valence-electron chi connectivity index (χ2n) is 5.14. The molecule has 0 fully saturated rings. The van der Waals surface area contributed by atoms with Crippen LogP contribution in [0.4, 0.5) is 0 Å². The monoisotopic (exact) mass is 337 g/mol. The molecule has 1 atom stereocenters. The lowest BCUT2D eigenvalue weighted by Gasteiger charge is -2.28. The molecule has 0 aliphatic carbocycles. The van der Waals surface area contributed by atoms with Crippen molar-refractivity contribution in [3.63, 3.8) is 0 Å². The molecule has 0 bridgehead atoms. The summed E-state index contributed by atoms with van der Waals surface area (Å²) in [7, 11) is 0. The van der Waals surface area contributed by atoms with Gasteiger partial charge in [0.15, 0.2) is 0 Å². The molecular formula is C15H20BrN3O. The molecule has 0 aliphatic heterocycles. The van der Waals surface area contributed by atoms with Gasteiger partial charge in [0.1, 0.15) is 0 Å². The van der Waals surface area contributed by atoms with E-state index in [0.29, 0.717) is 13.0 Å². The van der Waals surface area contributed by atoms with Gasteiger partial charge < -0.3 is 10.8 Å². The minimum atomic E-state index is -0.736. The highest BCUT2D eigenvalue weighted by molar-refractivity contribution is 9.10. The first kappa shape index (κ1) is 15.2. The van der Waals surface area contributed by atoms with Crippen LogP contribution in [0.25, 0.3) is 0 Å². The third kappa shape index (κ3) is 2.95. The van der Waals surface area contributed by atoms with Crippen LogP contribution in [0.1, 0.15) is 23.4 Å². The average molecular weight is 338 g/mol. The molecule has 3 N–H and O–H groups in total. The van der Waals surface area contributed by atoms with Crippen LogP contribution in [0, 0.1) is 13.8 Å². The van der Waals surface area contributed by atoms with Crippen LogP contribution in [0.5, 0.6) is 0 Å². The summed E-state index contributed by atoms with van der Waals surface area (Å²) in [5.41, 5.74) is 8.62. The van der Waals surface area contributed by atoms with Crippen LogP contribution < -0.4 is 5.73 Å². The zero-order chi connectivity index (χ0) is 14.8. The minimum Gasteiger partial charge on any atom is -0.394 e. The molecule has 108 valence electrons. The molecule has 1 aromatic carbocycles. The van der Waals surface area contributed by atoms with E-state index in [1.165, 1.54) is 0 Å². The maximum Gasteiger partial charge on any atom is 0.0738 e. The second kappa shape index (κ2) is 6.08. The van der Waals surface area contributed by atoms with E-state index in [0.717, 1.165) is 21.4 Å². The molecule has 0 amide bonds. The summed E-state index contributed by atoms with van der Waals surface area (Å²) in [6, 6.07) is 9.72. The van der Waals surface area contributed by atoms with Crippen LogP contribution in [0.15, 0.2) is 34.8 Å². The Kier molecular flexibility index (Phi) is 4.62. The Labute approximate surface area is 127 Å². The van der Waals surface area contributed by atoms with E-state index >= 15 is 0 Å². The van der Waals surface area contributed by atoms with Crippen LogP contribution in [0.3, 0.4) is 0 Å². The number of aliphatic hydroxyl groups excluding tert-OH is 1. The Morgan fingerprint density at radius 2 is 1.95 bits per heavy atom. The summed E-state index contributed by atoms with van der Waals surface area (Å²) in [6.07, 6.45) is 0.627. The van der Waals surface area contributed by atoms with Gasteiger partial charge in [0.25, 0.3) is 0 Å². The third-order valence-corrected chi connectivity index (χ3v) is 4.84. The molecule has 0 saturated heterocycles. The summed E-state index contributed by atoms with van der Waals surface area (Å²) < 4.78 is 2.96. The molecule has 5 heteroatoms. The zero-order valence-electron chi connectivity index (χ0n) is 11.8. The molecule has 0 radical (unpaired) electrons. The summed E-state index contributed by atoms with van der Waals surface area (Å²) in [6.45, 7) is 4.57. The Morgan fingerprint density at radius 1 is 1.30 bits per heavy atom. The lowest BCUT2D eigenvalue weighted by Crippen LogP contribution is -2.41. The first-order valence-electron chi connectivity index (χ1n) is 6.63. The van der Waals surface area contributed by atoms with Gasteiger partial charge in [-0.15, -0.1) is 0 Å². The topological polar surface area (TPSA) is 64.1 Å². The van der Waals surface area contributed by atoms with Crippen molar-refractivity contribution in [2.24, 2.45) is 5.73 Å². The highest BCUT2D eigenvalue weighted by atomic mass is 79.9. The number of rotatable bonds is 5. The number of aryl methyl sites for hydroxylation is 2. The molecule has 2 rings (SSSR count). The largest absolute Gasteiger partial charge is 0.394 e. The van der Waals surface area contributed by atoms with E-state index in [9.17, 15) is 5.11 Å². The fourth-order valence-electron chi connectivity index (χ4n) is 2.28. The van der Waals surface area contributed by atoms with Crippen molar-refractivity contribution in [1.29, 1.82) is 0 Å². The smallest absolute Gasteiger partial charge is 0.0738 e. The summed E-state index contributed by atoms with van der Waals surface area (Å²) in [5.74, 6) is 0. The van der Waals surface area contributed by atoms with Gasteiger partial charge in [0, 0.05) is 12.2 Å². The Hall–Kier alpha value is -1.17. The molecule has 4 nitrogen and oxygen atoms in total. The molecule has 1 aromatic heterocycles. The van der Waals surface area contributed by atoms with E-state index in [2.05, 4.69) is 21.0 Å². The van der Waals surface area contributed by atoms with Crippen molar-refractivity contribution < 1.29 is 5.11 Å². The predicted molar refractivity (Wildman–Crippen MR) is 83.4 cm³/mol. The summed E-state index contributed by atoms with van der Waals surface area (Å²) in [4.78, 5) is 0. The van der Waals surface area contributed by atoms with Gasteiger partial charge >= 0.3 is 0 Å². The fourth-order valence-corrected chi connectivity index (χ4v) is 2.57. The number of hydrogen-bond acceptors (Lipinski definition) is 3. The number of hydrogen-bond donors (Lipinski definition) is 2. The summed E-state index contributed by atoms with van der Waals surface area (Å²) in [5, 5.41) is 14.2. The number of aromatic nitrogens is 2. The van der Waals surface area contributed by atoms with Crippen molar-refractivity contribution >= 4 is 15.9 Å². The number of benzene rings is 1. The minimum absolute atomic E-state index is 0.0858. The Morgan fingerprint density at radius 3 is 2.45 bits per heavy atom. The number of nitrogens with zero attached hydrogens (tertiary/aromatic N) is 2. The second-order valence-corrected chi connectivity index (χ2v) is 5.93. The standard InChI is InChI=1S/C15H20BrN3O/c1-11-14(16)12(2)19(18-11)9-8-15(17,10-20)13-6-4-3-5-7-13/h3-7,20H,8-10,17H2,1-2H3. The van der Waals surface area contributed by atoms with Crippen molar-refractivity contribution in [2.75, 3.05) is 6.61 Å². The molecular weight excluding hydrogens is 318 g/mol. The van der Waals surface area contributed by atoms with Crippen LogP contribution in [-0.4, -0.2) is 21.5 Å². The Bertz CT molecular complexity index is 582. The molecule has 0 saturated carbocycles. The lowest BCUT2D eigenvalue weighted by atomic mass is 9.88. The summed E-state index contributed by atoms with van der Waals surface area (Å²) >= 11 is 3.52. The zero-order valence-corrected chi connectivity index (χ0v) is 13.4. The number of nitrogens with two attached hydrogens (primary N) is 1. The van der Waals surface area contributed by atoms with E-state index in [4.69, 9.17) is 5.73 Å². The van der Waals surface area contributed by atoms with Crippen molar-refractivity contribution in [2.45, 2.75) is 32.4 Å². The molecule has 1 unspecified atom stereocenters. The van der Waals surface area contributed by atoms with Gasteiger partial charge in [0.05, 0.1) is 22.3 Å². The highest BCUT2D eigenvalue weighted by Gasteiger charge is 2.26. The van der Waals surface area contributed by atoms with Crippen LogP contribution in [-0.2, 0) is 12.1 Å². The van der Waals surface area contributed by atoms with Gasteiger partial charge in [-0.2, -0.15) is 5.10 Å². The van der Waals surface area contributed by atoms with Crippen LogP contribution in [0.2, 0.25) is 0 Å². The van der Waals surface area contributed by atoms with Crippen molar-refractivity contribution in [3.05, 3.63) is 51.8 Å². The first-order valence-corrected chi connectivity index (χ1v) is 7.42. The SMILES string of the molecule is Cc1nn(CCC(N)(CO)c2ccccc2)c(C)c1Br. The van der Waals surface area contributed by atoms with Gasteiger partial charge in [-0.3, -0.25) is 4.68 Å². The van der Waals surface area contributed by atoms with Crippen molar-refractivity contribution in [1.82, 2.24) is 9.78 Å². The van der Waals surface area contributed by atoms with Gasteiger partial charge in [-0.25, -0.2) is 0 Å².